The molecule has 0 bridgehead atoms. The summed E-state index contributed by atoms with van der Waals surface area (Å²) >= 11 is 0. The highest BCUT2D eigenvalue weighted by Crippen LogP contribution is 2.31. The molecule has 1 atom stereocenters. The second kappa shape index (κ2) is 14.5. The molecule has 0 heterocycles. The van der Waals surface area contributed by atoms with Crippen molar-refractivity contribution >= 4 is 16.7 Å². The Hall–Kier alpha value is -4.65. The van der Waals surface area contributed by atoms with Gasteiger partial charge in [0.1, 0.15) is 30.8 Å². The number of aliphatic carboxylic acids is 1. The summed E-state index contributed by atoms with van der Waals surface area (Å²) in [5.74, 6) is 0.605. The average Bonchev–Trinajstić information content (AvgIpc) is 3.03. The van der Waals surface area contributed by atoms with E-state index in [4.69, 9.17) is 15.2 Å². The minimum Gasteiger partial charge on any atom is -0.489 e. The van der Waals surface area contributed by atoms with Gasteiger partial charge in [-0.25, -0.2) is 0 Å². The van der Waals surface area contributed by atoms with Crippen molar-refractivity contribution in [3.05, 3.63) is 143 Å². The summed E-state index contributed by atoms with van der Waals surface area (Å²) in [4.78, 5) is 13.8. The molecule has 0 saturated heterocycles. The Labute approximate surface area is 253 Å². The zero-order chi connectivity index (χ0) is 30.0. The fourth-order valence-electron chi connectivity index (χ4n) is 5.21. The van der Waals surface area contributed by atoms with Gasteiger partial charge in [-0.1, -0.05) is 109 Å². The summed E-state index contributed by atoms with van der Waals surface area (Å²) in [5.41, 5.74) is 11.4. The molecule has 0 aliphatic carbocycles. The number of ether oxygens (including phenoxy) is 2. The van der Waals surface area contributed by atoms with Gasteiger partial charge in [0.25, 0.3) is 0 Å². The molecular weight excluding hydrogens is 536 g/mol. The Balaban J connectivity index is 1.43. The summed E-state index contributed by atoms with van der Waals surface area (Å²) in [5, 5.41) is 11.7. The molecule has 5 aromatic carbocycles. The zero-order valence-electron chi connectivity index (χ0n) is 24.5. The Morgan fingerprint density at radius 1 is 0.767 bits per heavy atom. The number of nitrogens with zero attached hydrogens (tertiary/aromatic N) is 1. The van der Waals surface area contributed by atoms with Crippen LogP contribution < -0.4 is 15.2 Å². The van der Waals surface area contributed by atoms with E-state index >= 15 is 0 Å². The molecular formula is C37H38N2O4. The van der Waals surface area contributed by atoms with E-state index in [-0.39, 0.29) is 0 Å². The maximum atomic E-state index is 11.6. The molecule has 220 valence electrons. The number of para-hydroxylation sites is 1. The van der Waals surface area contributed by atoms with Gasteiger partial charge in [-0.2, -0.15) is 0 Å². The molecule has 3 N–H and O–H groups in total. The summed E-state index contributed by atoms with van der Waals surface area (Å²) in [6.45, 7) is 4.57. The number of fused-ring (bicyclic) bond motifs is 1. The van der Waals surface area contributed by atoms with Crippen LogP contribution in [0, 0.1) is 6.92 Å². The minimum absolute atomic E-state index is 0.312. The van der Waals surface area contributed by atoms with Crippen molar-refractivity contribution in [3.63, 3.8) is 0 Å². The first-order chi connectivity index (χ1) is 21.0. The van der Waals surface area contributed by atoms with E-state index < -0.39 is 12.0 Å². The summed E-state index contributed by atoms with van der Waals surface area (Å²) in [6, 6.07) is 37.9. The Morgan fingerprint density at radius 3 is 2.28 bits per heavy atom. The first-order valence-corrected chi connectivity index (χ1v) is 14.6. The van der Waals surface area contributed by atoms with Gasteiger partial charge >= 0.3 is 5.97 Å². The molecule has 5 rings (SSSR count). The number of carboxylic acid groups (broad SMARTS) is 1. The van der Waals surface area contributed by atoms with E-state index in [1.807, 2.05) is 72.8 Å². The first kappa shape index (κ1) is 29.8. The van der Waals surface area contributed by atoms with Crippen LogP contribution in [0.1, 0.15) is 34.2 Å². The summed E-state index contributed by atoms with van der Waals surface area (Å²) in [7, 11) is 0. The molecule has 0 spiro atoms. The van der Waals surface area contributed by atoms with Crippen molar-refractivity contribution in [2.45, 2.75) is 45.7 Å². The van der Waals surface area contributed by atoms with Crippen LogP contribution in [0.4, 0.5) is 0 Å². The Morgan fingerprint density at radius 2 is 1.47 bits per heavy atom. The van der Waals surface area contributed by atoms with Crippen LogP contribution in [0.15, 0.2) is 115 Å². The highest BCUT2D eigenvalue weighted by Gasteiger charge is 2.19. The summed E-state index contributed by atoms with van der Waals surface area (Å²) < 4.78 is 12.7. The van der Waals surface area contributed by atoms with Crippen molar-refractivity contribution in [1.82, 2.24) is 4.90 Å². The smallest absolute Gasteiger partial charge is 0.320 e. The van der Waals surface area contributed by atoms with Crippen molar-refractivity contribution in [3.8, 4) is 11.5 Å². The predicted molar refractivity (Wildman–Crippen MR) is 171 cm³/mol. The molecule has 0 aliphatic rings. The van der Waals surface area contributed by atoms with Crippen LogP contribution >= 0.6 is 0 Å². The lowest BCUT2D eigenvalue weighted by Crippen LogP contribution is -2.35. The lowest BCUT2D eigenvalue weighted by Gasteiger charge is -2.26. The third-order valence-electron chi connectivity index (χ3n) is 7.53. The normalized spacial score (nSPS) is 11.9. The number of hydrogen-bond acceptors (Lipinski definition) is 5. The second-order valence-electron chi connectivity index (χ2n) is 10.9. The fraction of sp³-hybridized carbons (Fsp3) is 0.216. The monoisotopic (exact) mass is 574 g/mol. The van der Waals surface area contributed by atoms with Gasteiger partial charge < -0.3 is 20.3 Å². The van der Waals surface area contributed by atoms with Crippen molar-refractivity contribution in [2.24, 2.45) is 5.73 Å². The highest BCUT2D eigenvalue weighted by molar-refractivity contribution is 5.87. The minimum atomic E-state index is -1.00. The van der Waals surface area contributed by atoms with Gasteiger partial charge in [-0.15, -0.1) is 0 Å². The number of benzene rings is 5. The van der Waals surface area contributed by atoms with Crippen LogP contribution in [0.5, 0.6) is 11.5 Å². The molecule has 6 heteroatoms. The third kappa shape index (κ3) is 8.22. The fourth-order valence-corrected chi connectivity index (χ4v) is 5.21. The molecule has 0 aromatic heterocycles. The Kier molecular flexibility index (Phi) is 10.1. The number of carboxylic acids is 1. The maximum Gasteiger partial charge on any atom is 0.320 e. The van der Waals surface area contributed by atoms with Gasteiger partial charge in [-0.3, -0.25) is 9.69 Å². The molecule has 0 unspecified atom stereocenters. The number of carbonyl (C=O) groups is 1. The van der Waals surface area contributed by atoms with Crippen LogP contribution in [0.25, 0.3) is 10.8 Å². The molecule has 5 aromatic rings. The van der Waals surface area contributed by atoms with E-state index in [0.29, 0.717) is 39.3 Å². The lowest BCUT2D eigenvalue weighted by atomic mass is 10.0. The van der Waals surface area contributed by atoms with Gasteiger partial charge in [-0.05, 0) is 47.4 Å². The zero-order valence-corrected chi connectivity index (χ0v) is 24.5. The van der Waals surface area contributed by atoms with E-state index in [1.54, 1.807) is 0 Å². The predicted octanol–water partition coefficient (Wildman–Crippen LogP) is 7.11. The lowest BCUT2D eigenvalue weighted by molar-refractivity contribution is -0.138. The molecule has 0 saturated carbocycles. The van der Waals surface area contributed by atoms with Crippen molar-refractivity contribution in [2.75, 3.05) is 6.54 Å². The van der Waals surface area contributed by atoms with Gasteiger partial charge in [0, 0.05) is 30.8 Å². The summed E-state index contributed by atoms with van der Waals surface area (Å²) in [6.07, 6.45) is 0.312. The standard InChI is InChI=1S/C37H38N2O4/c1-27-10-9-13-29(22-27)26-42-35-17-8-6-15-31(35)23-39(21-20-34(38)37(40)41)24-33-32-16-7-5-14-30(32)18-19-36(33)43-25-28-11-3-2-4-12-28/h2-19,22,34H,20-21,23-26,38H2,1H3,(H,40,41)/t34-/m0/s1. The number of hydrogen-bond donors (Lipinski definition) is 2. The molecule has 0 amide bonds. The van der Waals surface area contributed by atoms with Gasteiger partial charge in [0.2, 0.25) is 0 Å². The average molecular weight is 575 g/mol. The molecule has 0 fully saturated rings. The topological polar surface area (TPSA) is 85.0 Å². The number of rotatable bonds is 14. The van der Waals surface area contributed by atoms with E-state index in [2.05, 4.69) is 54.3 Å². The number of aryl methyl sites for hydroxylation is 1. The van der Waals surface area contributed by atoms with Crippen LogP contribution in [0.2, 0.25) is 0 Å². The molecule has 43 heavy (non-hydrogen) atoms. The van der Waals surface area contributed by atoms with Gasteiger partial charge in [0.05, 0.1) is 0 Å². The molecule has 6 nitrogen and oxygen atoms in total. The van der Waals surface area contributed by atoms with Gasteiger partial charge in [0.15, 0.2) is 0 Å². The van der Waals surface area contributed by atoms with E-state index in [1.165, 1.54) is 5.56 Å². The maximum absolute atomic E-state index is 11.6. The Bertz CT molecular complexity index is 1650. The largest absolute Gasteiger partial charge is 0.489 e. The van der Waals surface area contributed by atoms with Crippen molar-refractivity contribution in [1.29, 1.82) is 0 Å². The first-order valence-electron chi connectivity index (χ1n) is 14.6. The second-order valence-corrected chi connectivity index (χ2v) is 10.9. The molecule has 0 radical (unpaired) electrons. The quantitative estimate of drug-likeness (QED) is 0.147. The highest BCUT2D eigenvalue weighted by atomic mass is 16.5. The van der Waals surface area contributed by atoms with E-state index in [9.17, 15) is 9.90 Å². The number of nitrogens with two attached hydrogens (primary N) is 1. The molecule has 0 aliphatic heterocycles. The van der Waals surface area contributed by atoms with Crippen LogP contribution in [0.3, 0.4) is 0 Å². The SMILES string of the molecule is Cc1cccc(COc2ccccc2CN(CC[C@H](N)C(=O)O)Cc2c(OCc3ccccc3)ccc3ccccc23)c1. The van der Waals surface area contributed by atoms with Crippen LogP contribution in [-0.2, 0) is 31.1 Å². The van der Waals surface area contributed by atoms with Crippen LogP contribution in [-0.4, -0.2) is 28.6 Å². The van der Waals surface area contributed by atoms with Crippen molar-refractivity contribution < 1.29 is 19.4 Å². The van der Waals surface area contributed by atoms with E-state index in [0.717, 1.165) is 44.5 Å². The third-order valence-corrected chi connectivity index (χ3v) is 7.53.